The molecule has 6 aromatic rings. The second-order valence-corrected chi connectivity index (χ2v) is 11.6. The summed E-state index contributed by atoms with van der Waals surface area (Å²) in [6.45, 7) is 9.80. The summed E-state index contributed by atoms with van der Waals surface area (Å²) in [4.78, 5) is 12.5. The van der Waals surface area contributed by atoms with Crippen LogP contribution in [-0.2, 0) is 26.2 Å². The van der Waals surface area contributed by atoms with Gasteiger partial charge in [0.25, 0.3) is 0 Å². The molecule has 42 heavy (non-hydrogen) atoms. The van der Waals surface area contributed by atoms with Crippen molar-refractivity contribution in [2.45, 2.75) is 78.6 Å². The van der Waals surface area contributed by atoms with E-state index in [-0.39, 0.29) is 0 Å². The number of aromatic nitrogens is 4. The molecule has 0 atom stereocenters. The minimum Gasteiger partial charge on any atom is -0.339 e. The van der Waals surface area contributed by atoms with E-state index in [1.807, 2.05) is 0 Å². The number of fused-ring (bicyclic) bond motifs is 6. The normalized spacial score (nSPS) is 12.1. The maximum Gasteiger partial charge on any atom is 0.0678 e. The van der Waals surface area contributed by atoms with Gasteiger partial charge in [-0.2, -0.15) is 0 Å². The molecule has 0 spiro atoms. The molecule has 6 heteroatoms. The number of nitrogens with two attached hydrogens (primary N) is 1. The van der Waals surface area contributed by atoms with E-state index in [9.17, 15) is 0 Å². The molecule has 2 aromatic carbocycles. The molecule has 6 nitrogen and oxygen atoms in total. The molecule has 6 rings (SSSR count). The van der Waals surface area contributed by atoms with Crippen molar-refractivity contribution in [3.63, 3.8) is 0 Å². The average Bonchev–Trinajstić information content (AvgIpc) is 3.50. The number of pyridine rings is 2. The van der Waals surface area contributed by atoms with Crippen molar-refractivity contribution < 1.29 is 0 Å². The van der Waals surface area contributed by atoms with Gasteiger partial charge in [-0.15, -0.1) is 0 Å². The van der Waals surface area contributed by atoms with Crippen LogP contribution in [0.5, 0.6) is 0 Å². The highest BCUT2D eigenvalue weighted by Crippen LogP contribution is 2.31. The van der Waals surface area contributed by atoms with Gasteiger partial charge in [-0.05, 0) is 63.0 Å². The molecule has 218 valence electrons. The minimum absolute atomic E-state index is 0.719. The Labute approximate surface area is 249 Å². The largest absolute Gasteiger partial charge is 0.339 e. The number of para-hydroxylation sites is 2. The SMILES string of the molecule is CCCCn1c2ccccc2c2cc(CN(CCCCN)Cc3cc4c5ccccc5n(CCCC)c4cn3)ncc21. The first-order valence-electron chi connectivity index (χ1n) is 15.9. The van der Waals surface area contributed by atoms with Crippen LogP contribution in [0, 0.1) is 0 Å². The molecular weight excluding hydrogens is 516 g/mol. The predicted octanol–water partition coefficient (Wildman–Crippen LogP) is 8.03. The Balaban J connectivity index is 1.32. The molecule has 0 aliphatic rings. The summed E-state index contributed by atoms with van der Waals surface area (Å²) in [6.07, 6.45) is 10.9. The number of hydrogen-bond donors (Lipinski definition) is 1. The fourth-order valence-corrected chi connectivity index (χ4v) is 6.42. The van der Waals surface area contributed by atoms with Crippen LogP contribution in [0.15, 0.2) is 73.1 Å². The zero-order chi connectivity index (χ0) is 28.9. The van der Waals surface area contributed by atoms with Gasteiger partial charge in [-0.25, -0.2) is 0 Å². The number of aryl methyl sites for hydroxylation is 2. The van der Waals surface area contributed by atoms with Gasteiger partial charge in [-0.3, -0.25) is 14.9 Å². The van der Waals surface area contributed by atoms with Crippen LogP contribution < -0.4 is 5.73 Å². The Bertz CT molecular complexity index is 1670. The van der Waals surface area contributed by atoms with E-state index < -0.39 is 0 Å². The molecule has 0 amide bonds. The number of nitrogens with zero attached hydrogens (tertiary/aromatic N) is 5. The van der Waals surface area contributed by atoms with Crippen molar-refractivity contribution in [1.29, 1.82) is 0 Å². The Morgan fingerprint density at radius 1 is 0.619 bits per heavy atom. The number of unbranched alkanes of at least 4 members (excludes halogenated alkanes) is 3. The Morgan fingerprint density at radius 3 is 1.60 bits per heavy atom. The number of hydrogen-bond acceptors (Lipinski definition) is 4. The Morgan fingerprint density at radius 2 is 1.12 bits per heavy atom. The summed E-state index contributed by atoms with van der Waals surface area (Å²) in [5.74, 6) is 0. The lowest BCUT2D eigenvalue weighted by molar-refractivity contribution is 0.246. The van der Waals surface area contributed by atoms with E-state index in [1.165, 1.54) is 69.3 Å². The van der Waals surface area contributed by atoms with Crippen LogP contribution in [-0.4, -0.2) is 37.1 Å². The van der Waals surface area contributed by atoms with Crippen molar-refractivity contribution in [3.8, 4) is 0 Å². The van der Waals surface area contributed by atoms with E-state index in [0.717, 1.165) is 63.5 Å². The lowest BCUT2D eigenvalue weighted by atomic mass is 10.1. The highest BCUT2D eigenvalue weighted by molar-refractivity contribution is 6.08. The number of rotatable bonds is 14. The third-order valence-electron chi connectivity index (χ3n) is 8.60. The minimum atomic E-state index is 0.719. The lowest BCUT2D eigenvalue weighted by Gasteiger charge is -2.22. The molecule has 0 saturated heterocycles. The van der Waals surface area contributed by atoms with Gasteiger partial charge in [-0.1, -0.05) is 63.1 Å². The van der Waals surface area contributed by atoms with E-state index >= 15 is 0 Å². The maximum absolute atomic E-state index is 5.88. The van der Waals surface area contributed by atoms with E-state index in [2.05, 4.69) is 101 Å². The monoisotopic (exact) mass is 560 g/mol. The number of benzene rings is 2. The quantitative estimate of drug-likeness (QED) is 0.137. The van der Waals surface area contributed by atoms with Crippen LogP contribution in [0.3, 0.4) is 0 Å². The topological polar surface area (TPSA) is 64.9 Å². The first kappa shape index (κ1) is 28.4. The van der Waals surface area contributed by atoms with E-state index in [4.69, 9.17) is 15.7 Å². The average molecular weight is 561 g/mol. The summed E-state index contributed by atoms with van der Waals surface area (Å²) in [6, 6.07) is 22.2. The third-order valence-corrected chi connectivity index (χ3v) is 8.60. The molecule has 2 N–H and O–H groups in total. The molecule has 4 aromatic heterocycles. The molecule has 0 aliphatic heterocycles. The van der Waals surface area contributed by atoms with Gasteiger partial charge >= 0.3 is 0 Å². The van der Waals surface area contributed by atoms with Crippen molar-refractivity contribution in [1.82, 2.24) is 24.0 Å². The molecule has 0 fully saturated rings. The van der Waals surface area contributed by atoms with Crippen LogP contribution in [0.2, 0.25) is 0 Å². The van der Waals surface area contributed by atoms with Crippen molar-refractivity contribution >= 4 is 43.6 Å². The summed E-state index contributed by atoms with van der Waals surface area (Å²) >= 11 is 0. The van der Waals surface area contributed by atoms with E-state index in [0.29, 0.717) is 0 Å². The third kappa shape index (κ3) is 5.66. The van der Waals surface area contributed by atoms with Crippen molar-refractivity contribution in [3.05, 3.63) is 84.4 Å². The van der Waals surface area contributed by atoms with Crippen LogP contribution in [0.4, 0.5) is 0 Å². The zero-order valence-electron chi connectivity index (χ0n) is 25.2. The summed E-state index contributed by atoms with van der Waals surface area (Å²) in [5.41, 5.74) is 13.1. The first-order valence-corrected chi connectivity index (χ1v) is 15.9. The molecule has 0 saturated carbocycles. The maximum atomic E-state index is 5.88. The molecule has 0 unspecified atom stereocenters. The smallest absolute Gasteiger partial charge is 0.0678 e. The fourth-order valence-electron chi connectivity index (χ4n) is 6.42. The molecule has 0 bridgehead atoms. The Kier molecular flexibility index (Phi) is 8.82. The summed E-state index contributed by atoms with van der Waals surface area (Å²) < 4.78 is 4.89. The van der Waals surface area contributed by atoms with Gasteiger partial charge in [0.05, 0.1) is 34.8 Å². The molecule has 0 aliphatic carbocycles. The highest BCUT2D eigenvalue weighted by Gasteiger charge is 2.16. The summed E-state index contributed by atoms with van der Waals surface area (Å²) in [7, 11) is 0. The van der Waals surface area contributed by atoms with Crippen molar-refractivity contribution in [2.75, 3.05) is 13.1 Å². The molecular formula is C36H44N6. The lowest BCUT2D eigenvalue weighted by Crippen LogP contribution is -2.25. The molecule has 4 heterocycles. The molecule has 0 radical (unpaired) electrons. The van der Waals surface area contributed by atoms with Gasteiger partial charge in [0.15, 0.2) is 0 Å². The van der Waals surface area contributed by atoms with Crippen molar-refractivity contribution in [2.24, 2.45) is 5.73 Å². The highest BCUT2D eigenvalue weighted by atomic mass is 15.1. The first-order chi connectivity index (χ1) is 20.7. The standard InChI is InChI=1S/C36H44N6/c1-3-5-19-41-33-15-9-7-13-29(33)31-21-27(38-23-35(31)41)25-40(18-12-11-17-37)26-28-22-32-30-14-8-10-16-34(30)42(20-6-4-2)36(32)24-39-28/h7-10,13-16,21-24H,3-6,11-12,17-20,25-26,37H2,1-2H3. The second-order valence-electron chi connectivity index (χ2n) is 11.6. The van der Waals surface area contributed by atoms with Gasteiger partial charge in [0.2, 0.25) is 0 Å². The second kappa shape index (κ2) is 13.1. The fraction of sp³-hybridized carbons (Fsp3) is 0.389. The predicted molar refractivity (Wildman–Crippen MR) is 177 cm³/mol. The van der Waals surface area contributed by atoms with Gasteiger partial charge in [0.1, 0.15) is 0 Å². The van der Waals surface area contributed by atoms with Gasteiger partial charge in [0, 0.05) is 58.8 Å². The van der Waals surface area contributed by atoms with Gasteiger partial charge < -0.3 is 14.9 Å². The Hall–Kier alpha value is -3.74. The van der Waals surface area contributed by atoms with Crippen LogP contribution in [0.25, 0.3) is 43.6 Å². The summed E-state index contributed by atoms with van der Waals surface area (Å²) in [5, 5.41) is 5.23. The van der Waals surface area contributed by atoms with Crippen LogP contribution in [0.1, 0.15) is 63.8 Å². The van der Waals surface area contributed by atoms with Crippen LogP contribution >= 0.6 is 0 Å². The zero-order valence-corrected chi connectivity index (χ0v) is 25.2. The van der Waals surface area contributed by atoms with E-state index in [1.54, 1.807) is 0 Å².